The van der Waals surface area contributed by atoms with Crippen LogP contribution in [0.25, 0.3) is 0 Å². The van der Waals surface area contributed by atoms with Crippen LogP contribution in [-0.2, 0) is 4.74 Å². The molecule has 1 aromatic carbocycles. The predicted molar refractivity (Wildman–Crippen MR) is 74.0 cm³/mol. The van der Waals surface area contributed by atoms with Gasteiger partial charge in [-0.3, -0.25) is 14.9 Å². The molecule has 1 N–H and O–H groups in total. The van der Waals surface area contributed by atoms with Crippen molar-refractivity contribution in [1.82, 2.24) is 5.32 Å². The van der Waals surface area contributed by atoms with Crippen molar-refractivity contribution in [2.45, 2.75) is 25.3 Å². The van der Waals surface area contributed by atoms with Gasteiger partial charge in [-0.25, -0.2) is 0 Å². The van der Waals surface area contributed by atoms with E-state index in [9.17, 15) is 14.9 Å². The molecule has 1 amide bonds. The maximum Gasteiger partial charge on any atom is 0.288 e. The number of hydrogen-bond donors (Lipinski definition) is 1. The first-order valence-corrected chi connectivity index (χ1v) is 6.63. The van der Waals surface area contributed by atoms with Crippen LogP contribution in [0.15, 0.2) is 18.2 Å². The maximum atomic E-state index is 12.2. The molecule has 20 heavy (non-hydrogen) atoms. The molecule has 7 heteroatoms. The summed E-state index contributed by atoms with van der Waals surface area (Å²) in [5.74, 6) is -0.339. The molecule has 0 saturated carbocycles. The monoisotopic (exact) mass is 298 g/mol. The normalized spacial score (nSPS) is 17.5. The van der Waals surface area contributed by atoms with Crippen LogP contribution >= 0.6 is 11.6 Å². The third-order valence-electron chi connectivity index (χ3n) is 3.42. The number of carbonyl (C=O) groups is 1. The van der Waals surface area contributed by atoms with E-state index in [2.05, 4.69) is 5.32 Å². The van der Waals surface area contributed by atoms with E-state index >= 15 is 0 Å². The zero-order valence-electron chi connectivity index (χ0n) is 11.0. The van der Waals surface area contributed by atoms with Crippen LogP contribution in [0.5, 0.6) is 0 Å². The molecule has 0 aliphatic carbocycles. The van der Waals surface area contributed by atoms with Crippen LogP contribution in [0.1, 0.15) is 30.1 Å². The number of benzene rings is 1. The number of carbonyl (C=O) groups excluding carboxylic acids is 1. The second-order valence-electron chi connectivity index (χ2n) is 5.05. The third-order valence-corrected chi connectivity index (χ3v) is 3.74. The lowest BCUT2D eigenvalue weighted by Crippen LogP contribution is -2.49. The third kappa shape index (κ3) is 3.26. The predicted octanol–water partition coefficient (Wildman–Crippen LogP) is 2.55. The van der Waals surface area contributed by atoms with Gasteiger partial charge in [0, 0.05) is 30.4 Å². The van der Waals surface area contributed by atoms with E-state index in [1.54, 1.807) is 0 Å². The van der Waals surface area contributed by atoms with Gasteiger partial charge in [0.25, 0.3) is 11.6 Å². The number of hydrogen-bond acceptors (Lipinski definition) is 4. The molecule has 0 bridgehead atoms. The van der Waals surface area contributed by atoms with E-state index in [0.29, 0.717) is 26.1 Å². The fraction of sp³-hybridized carbons (Fsp3) is 0.462. The van der Waals surface area contributed by atoms with Crippen molar-refractivity contribution in [2.24, 2.45) is 0 Å². The summed E-state index contributed by atoms with van der Waals surface area (Å²) in [5.41, 5.74) is -0.380. The lowest BCUT2D eigenvalue weighted by atomic mass is 9.92. The minimum Gasteiger partial charge on any atom is -0.381 e. The first-order chi connectivity index (χ1) is 9.41. The van der Waals surface area contributed by atoms with Gasteiger partial charge in [0.1, 0.15) is 5.02 Å². The van der Waals surface area contributed by atoms with Gasteiger partial charge in [0.05, 0.1) is 4.92 Å². The highest BCUT2D eigenvalue weighted by molar-refractivity contribution is 6.32. The Hall–Kier alpha value is -1.66. The van der Waals surface area contributed by atoms with Gasteiger partial charge in [-0.2, -0.15) is 0 Å². The first kappa shape index (κ1) is 14.7. The Kier molecular flexibility index (Phi) is 4.25. The van der Waals surface area contributed by atoms with Crippen molar-refractivity contribution >= 4 is 23.2 Å². The first-order valence-electron chi connectivity index (χ1n) is 6.25. The van der Waals surface area contributed by atoms with Crippen molar-refractivity contribution < 1.29 is 14.5 Å². The molecule has 0 aromatic heterocycles. The Morgan fingerprint density at radius 2 is 2.10 bits per heavy atom. The minimum absolute atomic E-state index is 0.0174. The average molecular weight is 299 g/mol. The largest absolute Gasteiger partial charge is 0.381 e. The number of ether oxygens (including phenoxy) is 1. The van der Waals surface area contributed by atoms with Crippen molar-refractivity contribution in [3.8, 4) is 0 Å². The molecule has 1 aliphatic heterocycles. The van der Waals surface area contributed by atoms with Crippen LogP contribution in [0, 0.1) is 10.1 Å². The number of nitrogens with one attached hydrogen (secondary N) is 1. The standard InChI is InChI=1S/C13H15ClN2O4/c1-13(4-6-20-7-5-13)15-12(17)9-2-3-10(14)11(8-9)16(18)19/h2-3,8H,4-7H2,1H3,(H,15,17). The SMILES string of the molecule is CC1(NC(=O)c2ccc(Cl)c([N+](=O)[O-])c2)CCOCC1. The van der Waals surface area contributed by atoms with Gasteiger partial charge in [0.15, 0.2) is 0 Å². The highest BCUT2D eigenvalue weighted by atomic mass is 35.5. The number of nitro benzene ring substituents is 1. The van der Waals surface area contributed by atoms with Gasteiger partial charge in [-0.05, 0) is 31.9 Å². The fourth-order valence-electron chi connectivity index (χ4n) is 2.09. The lowest BCUT2D eigenvalue weighted by molar-refractivity contribution is -0.384. The number of amides is 1. The molecular formula is C13H15ClN2O4. The molecule has 6 nitrogen and oxygen atoms in total. The highest BCUT2D eigenvalue weighted by Gasteiger charge is 2.29. The van der Waals surface area contributed by atoms with Crippen LogP contribution in [0.3, 0.4) is 0 Å². The smallest absolute Gasteiger partial charge is 0.288 e. The van der Waals surface area contributed by atoms with E-state index in [4.69, 9.17) is 16.3 Å². The summed E-state index contributed by atoms with van der Waals surface area (Å²) in [6.45, 7) is 3.13. The Morgan fingerprint density at radius 1 is 1.45 bits per heavy atom. The molecule has 108 valence electrons. The fourth-order valence-corrected chi connectivity index (χ4v) is 2.27. The zero-order valence-corrected chi connectivity index (χ0v) is 11.8. The Labute approximate surface area is 121 Å². The van der Waals surface area contributed by atoms with E-state index in [1.165, 1.54) is 18.2 Å². The van der Waals surface area contributed by atoms with Crippen LogP contribution in [0.2, 0.25) is 5.02 Å². The second kappa shape index (κ2) is 5.76. The summed E-state index contributed by atoms with van der Waals surface area (Å²) < 4.78 is 5.26. The highest BCUT2D eigenvalue weighted by Crippen LogP contribution is 2.26. The van der Waals surface area contributed by atoms with Crippen molar-refractivity contribution in [3.63, 3.8) is 0 Å². The quantitative estimate of drug-likeness (QED) is 0.687. The summed E-state index contributed by atoms with van der Waals surface area (Å²) >= 11 is 5.73. The van der Waals surface area contributed by atoms with E-state index in [0.717, 1.165) is 0 Å². The number of nitro groups is 1. The van der Waals surface area contributed by atoms with E-state index < -0.39 is 4.92 Å². The van der Waals surface area contributed by atoms with Gasteiger partial charge in [-0.15, -0.1) is 0 Å². The molecular weight excluding hydrogens is 284 g/mol. The molecule has 0 spiro atoms. The van der Waals surface area contributed by atoms with Crippen molar-refractivity contribution in [2.75, 3.05) is 13.2 Å². The summed E-state index contributed by atoms with van der Waals surface area (Å²) in [6, 6.07) is 4.04. The summed E-state index contributed by atoms with van der Waals surface area (Å²) in [5, 5.41) is 13.8. The lowest BCUT2D eigenvalue weighted by Gasteiger charge is -2.34. The maximum absolute atomic E-state index is 12.2. The van der Waals surface area contributed by atoms with Gasteiger partial charge in [-0.1, -0.05) is 11.6 Å². The molecule has 1 fully saturated rings. The molecule has 0 radical (unpaired) electrons. The summed E-state index contributed by atoms with van der Waals surface area (Å²) in [6.07, 6.45) is 1.43. The summed E-state index contributed by atoms with van der Waals surface area (Å²) in [7, 11) is 0. The van der Waals surface area contributed by atoms with Crippen LogP contribution in [0.4, 0.5) is 5.69 Å². The zero-order chi connectivity index (χ0) is 14.8. The Morgan fingerprint density at radius 3 is 2.70 bits per heavy atom. The average Bonchev–Trinajstić information content (AvgIpc) is 2.39. The van der Waals surface area contributed by atoms with E-state index in [-0.39, 0.29) is 27.7 Å². The summed E-state index contributed by atoms with van der Waals surface area (Å²) in [4.78, 5) is 22.4. The molecule has 0 atom stereocenters. The molecule has 2 rings (SSSR count). The molecule has 1 saturated heterocycles. The number of nitrogens with zero attached hydrogens (tertiary/aromatic N) is 1. The van der Waals surface area contributed by atoms with Gasteiger partial charge >= 0.3 is 0 Å². The molecule has 1 heterocycles. The van der Waals surface area contributed by atoms with Crippen molar-refractivity contribution in [1.29, 1.82) is 0 Å². The van der Waals surface area contributed by atoms with Gasteiger partial charge < -0.3 is 10.1 Å². The molecule has 1 aliphatic rings. The number of halogens is 1. The van der Waals surface area contributed by atoms with E-state index in [1.807, 2.05) is 6.92 Å². The number of rotatable bonds is 3. The Bertz CT molecular complexity index is 541. The van der Waals surface area contributed by atoms with Crippen LogP contribution in [-0.4, -0.2) is 29.6 Å². The Balaban J connectivity index is 2.17. The molecule has 1 aromatic rings. The second-order valence-corrected chi connectivity index (χ2v) is 5.46. The van der Waals surface area contributed by atoms with Gasteiger partial charge in [0.2, 0.25) is 0 Å². The minimum atomic E-state index is -0.602. The topological polar surface area (TPSA) is 81.5 Å². The van der Waals surface area contributed by atoms with Crippen molar-refractivity contribution in [3.05, 3.63) is 38.9 Å². The molecule has 0 unspecified atom stereocenters. The van der Waals surface area contributed by atoms with Crippen LogP contribution < -0.4 is 5.32 Å².